The SMILES string of the molecule is CCNC(=NCc1ccc2c(c1)OCO2)NC1CCN(C(=O)C(C)C)C1. The molecule has 1 fully saturated rings. The van der Waals surface area contributed by atoms with Gasteiger partial charge in [0, 0.05) is 31.6 Å². The summed E-state index contributed by atoms with van der Waals surface area (Å²) in [6, 6.07) is 6.11. The van der Waals surface area contributed by atoms with Crippen LogP contribution in [0.1, 0.15) is 32.8 Å². The molecule has 1 saturated heterocycles. The third-order valence-electron chi connectivity index (χ3n) is 4.54. The minimum absolute atomic E-state index is 0.0432. The van der Waals surface area contributed by atoms with E-state index >= 15 is 0 Å². The molecule has 7 heteroatoms. The molecule has 1 unspecified atom stereocenters. The summed E-state index contributed by atoms with van der Waals surface area (Å²) in [6.07, 6.45) is 0.937. The summed E-state index contributed by atoms with van der Waals surface area (Å²) in [7, 11) is 0. The Morgan fingerprint density at radius 3 is 2.92 bits per heavy atom. The highest BCUT2D eigenvalue weighted by Crippen LogP contribution is 2.32. The van der Waals surface area contributed by atoms with Crippen LogP contribution in [0.3, 0.4) is 0 Å². The van der Waals surface area contributed by atoms with Gasteiger partial charge in [-0.15, -0.1) is 0 Å². The molecule has 1 aromatic rings. The summed E-state index contributed by atoms with van der Waals surface area (Å²) in [5, 5.41) is 6.73. The number of fused-ring (bicyclic) bond motifs is 1. The Balaban J connectivity index is 1.58. The number of nitrogens with one attached hydrogen (secondary N) is 2. The Labute approximate surface area is 154 Å². The third-order valence-corrected chi connectivity index (χ3v) is 4.54. The van der Waals surface area contributed by atoms with Gasteiger partial charge in [-0.25, -0.2) is 4.99 Å². The van der Waals surface area contributed by atoms with Gasteiger partial charge in [-0.3, -0.25) is 4.79 Å². The normalized spacial score (nSPS) is 19.2. The number of guanidine groups is 1. The Morgan fingerprint density at radius 2 is 2.15 bits per heavy atom. The molecule has 0 bridgehead atoms. The topological polar surface area (TPSA) is 75.2 Å². The first-order chi connectivity index (χ1) is 12.6. The number of rotatable bonds is 5. The molecule has 3 rings (SSSR count). The van der Waals surface area contributed by atoms with Gasteiger partial charge in [0.1, 0.15) is 0 Å². The first-order valence-corrected chi connectivity index (χ1v) is 9.29. The fraction of sp³-hybridized carbons (Fsp3) is 0.579. The minimum atomic E-state index is 0.0432. The van der Waals surface area contributed by atoms with Crippen LogP contribution in [0.15, 0.2) is 23.2 Å². The molecule has 142 valence electrons. The molecule has 1 atom stereocenters. The molecule has 0 aromatic heterocycles. The first kappa shape index (κ1) is 18.4. The summed E-state index contributed by atoms with van der Waals surface area (Å²) in [6.45, 7) is 9.07. The number of benzene rings is 1. The number of likely N-dealkylation sites (tertiary alicyclic amines) is 1. The van der Waals surface area contributed by atoms with Crippen molar-refractivity contribution in [1.29, 1.82) is 0 Å². The molecule has 1 amide bonds. The number of carbonyl (C=O) groups excluding carboxylic acids is 1. The lowest BCUT2D eigenvalue weighted by atomic mass is 10.2. The zero-order chi connectivity index (χ0) is 18.5. The fourth-order valence-electron chi connectivity index (χ4n) is 3.17. The van der Waals surface area contributed by atoms with Gasteiger partial charge >= 0.3 is 0 Å². The van der Waals surface area contributed by atoms with Gasteiger partial charge in [0.25, 0.3) is 0 Å². The molecular formula is C19H28N4O3. The van der Waals surface area contributed by atoms with Crippen LogP contribution in [0.5, 0.6) is 11.5 Å². The van der Waals surface area contributed by atoms with Crippen molar-refractivity contribution in [1.82, 2.24) is 15.5 Å². The second kappa shape index (κ2) is 8.29. The van der Waals surface area contributed by atoms with E-state index in [1.165, 1.54) is 0 Å². The zero-order valence-corrected chi connectivity index (χ0v) is 15.7. The molecule has 2 aliphatic rings. The van der Waals surface area contributed by atoms with Crippen molar-refractivity contribution in [3.8, 4) is 11.5 Å². The quantitative estimate of drug-likeness (QED) is 0.618. The molecular weight excluding hydrogens is 332 g/mol. The highest BCUT2D eigenvalue weighted by atomic mass is 16.7. The number of amides is 1. The molecule has 0 spiro atoms. The van der Waals surface area contributed by atoms with Crippen LogP contribution in [-0.2, 0) is 11.3 Å². The van der Waals surface area contributed by atoms with Crippen molar-refractivity contribution >= 4 is 11.9 Å². The summed E-state index contributed by atoms with van der Waals surface area (Å²) < 4.78 is 10.8. The summed E-state index contributed by atoms with van der Waals surface area (Å²) in [4.78, 5) is 18.7. The summed E-state index contributed by atoms with van der Waals surface area (Å²) in [5.74, 6) is 2.59. The van der Waals surface area contributed by atoms with E-state index in [0.29, 0.717) is 6.54 Å². The molecule has 2 heterocycles. The molecule has 2 N–H and O–H groups in total. The van der Waals surface area contributed by atoms with Gasteiger partial charge in [0.15, 0.2) is 17.5 Å². The highest BCUT2D eigenvalue weighted by Gasteiger charge is 2.27. The standard InChI is InChI=1S/C19H28N4O3/c1-4-20-19(22-15-7-8-23(11-15)18(24)13(2)3)21-10-14-5-6-16-17(9-14)26-12-25-16/h5-6,9,13,15H,4,7-8,10-12H2,1-3H3,(H2,20,21,22). The van der Waals surface area contributed by atoms with Crippen LogP contribution >= 0.6 is 0 Å². The van der Waals surface area contributed by atoms with E-state index in [-0.39, 0.29) is 24.7 Å². The number of aliphatic imine (C=N–C) groups is 1. The number of ether oxygens (including phenoxy) is 2. The van der Waals surface area contributed by atoms with Crippen molar-refractivity contribution in [2.75, 3.05) is 26.4 Å². The van der Waals surface area contributed by atoms with Crippen LogP contribution in [0.2, 0.25) is 0 Å². The first-order valence-electron chi connectivity index (χ1n) is 9.29. The number of carbonyl (C=O) groups is 1. The van der Waals surface area contributed by atoms with Crippen LogP contribution in [0, 0.1) is 5.92 Å². The predicted octanol–water partition coefficient (Wildman–Crippen LogP) is 1.73. The van der Waals surface area contributed by atoms with E-state index < -0.39 is 0 Å². The molecule has 2 aliphatic heterocycles. The van der Waals surface area contributed by atoms with E-state index in [2.05, 4.69) is 15.6 Å². The van der Waals surface area contributed by atoms with Gasteiger partial charge in [0.05, 0.1) is 6.54 Å². The van der Waals surface area contributed by atoms with Gasteiger partial charge in [0.2, 0.25) is 12.7 Å². The highest BCUT2D eigenvalue weighted by molar-refractivity contribution is 5.81. The predicted molar refractivity (Wildman–Crippen MR) is 100 cm³/mol. The van der Waals surface area contributed by atoms with Crippen LogP contribution < -0.4 is 20.1 Å². The van der Waals surface area contributed by atoms with Gasteiger partial charge in [-0.1, -0.05) is 19.9 Å². The summed E-state index contributed by atoms with van der Waals surface area (Å²) in [5.41, 5.74) is 1.06. The lowest BCUT2D eigenvalue weighted by molar-refractivity contribution is -0.133. The molecule has 0 radical (unpaired) electrons. The molecule has 0 aliphatic carbocycles. The Morgan fingerprint density at radius 1 is 1.35 bits per heavy atom. The third kappa shape index (κ3) is 4.39. The smallest absolute Gasteiger partial charge is 0.231 e. The molecule has 0 saturated carbocycles. The second-order valence-corrected chi connectivity index (χ2v) is 6.95. The largest absolute Gasteiger partial charge is 0.454 e. The van der Waals surface area contributed by atoms with Crippen LogP contribution in [0.25, 0.3) is 0 Å². The van der Waals surface area contributed by atoms with Crippen molar-refractivity contribution in [3.05, 3.63) is 23.8 Å². The minimum Gasteiger partial charge on any atom is -0.454 e. The lowest BCUT2D eigenvalue weighted by Crippen LogP contribution is -2.45. The fourth-order valence-corrected chi connectivity index (χ4v) is 3.17. The van der Waals surface area contributed by atoms with E-state index in [4.69, 9.17) is 9.47 Å². The van der Waals surface area contributed by atoms with Crippen molar-refractivity contribution < 1.29 is 14.3 Å². The number of hydrogen-bond donors (Lipinski definition) is 2. The maximum Gasteiger partial charge on any atom is 0.231 e. The maximum absolute atomic E-state index is 12.1. The molecule has 7 nitrogen and oxygen atoms in total. The Bertz CT molecular complexity index is 675. The Hall–Kier alpha value is -2.44. The average molecular weight is 360 g/mol. The molecule has 26 heavy (non-hydrogen) atoms. The average Bonchev–Trinajstić information content (AvgIpc) is 3.27. The van der Waals surface area contributed by atoms with E-state index in [0.717, 1.165) is 49.1 Å². The van der Waals surface area contributed by atoms with Crippen LogP contribution in [-0.4, -0.2) is 49.2 Å². The Kier molecular flexibility index (Phi) is 5.85. The maximum atomic E-state index is 12.1. The second-order valence-electron chi connectivity index (χ2n) is 6.95. The van der Waals surface area contributed by atoms with E-state index in [1.54, 1.807) is 0 Å². The van der Waals surface area contributed by atoms with Gasteiger partial charge in [-0.2, -0.15) is 0 Å². The van der Waals surface area contributed by atoms with E-state index in [1.807, 2.05) is 43.9 Å². The molecule has 1 aromatic carbocycles. The van der Waals surface area contributed by atoms with Crippen molar-refractivity contribution in [2.24, 2.45) is 10.9 Å². The van der Waals surface area contributed by atoms with Gasteiger partial charge in [-0.05, 0) is 31.0 Å². The summed E-state index contributed by atoms with van der Waals surface area (Å²) >= 11 is 0. The van der Waals surface area contributed by atoms with Crippen molar-refractivity contribution in [3.63, 3.8) is 0 Å². The van der Waals surface area contributed by atoms with Crippen LogP contribution in [0.4, 0.5) is 0 Å². The number of hydrogen-bond acceptors (Lipinski definition) is 4. The van der Waals surface area contributed by atoms with Gasteiger partial charge < -0.3 is 25.0 Å². The zero-order valence-electron chi connectivity index (χ0n) is 15.7. The lowest BCUT2D eigenvalue weighted by Gasteiger charge is -2.20. The number of nitrogens with zero attached hydrogens (tertiary/aromatic N) is 2. The van der Waals surface area contributed by atoms with Crippen molar-refractivity contribution in [2.45, 2.75) is 39.8 Å². The monoisotopic (exact) mass is 360 g/mol. The van der Waals surface area contributed by atoms with E-state index in [9.17, 15) is 4.79 Å².